The van der Waals surface area contributed by atoms with Crippen LogP contribution in [0.25, 0.3) is 0 Å². The minimum atomic E-state index is 0.420. The maximum absolute atomic E-state index is 5.93. The van der Waals surface area contributed by atoms with Crippen molar-refractivity contribution >= 4 is 33.2 Å². The lowest BCUT2D eigenvalue weighted by atomic mass is 10.1. The highest BCUT2D eigenvalue weighted by atomic mass is 79.9. The Bertz CT molecular complexity index is 668. The average Bonchev–Trinajstić information content (AvgIpc) is 2.39. The number of ether oxygens (including phenoxy) is 2. The second-order valence-corrected chi connectivity index (χ2v) is 6.30. The minimum Gasteiger partial charge on any atom is -0.488 e. The van der Waals surface area contributed by atoms with Crippen molar-refractivity contribution in [1.82, 2.24) is 0 Å². The van der Waals surface area contributed by atoms with Gasteiger partial charge in [-0.05, 0) is 49.8 Å². The van der Waals surface area contributed by atoms with Crippen molar-refractivity contribution in [3.63, 3.8) is 0 Å². The number of aryl methyl sites for hydroxylation is 2. The zero-order valence-electron chi connectivity index (χ0n) is 12.3. The SMILES string of the molecule is CC(=S)Oc1cccc(Br)c1COc1ccc(C)cc1C. The van der Waals surface area contributed by atoms with Gasteiger partial charge >= 0.3 is 0 Å². The number of hydrogen-bond donors (Lipinski definition) is 0. The quantitative estimate of drug-likeness (QED) is 0.679. The van der Waals surface area contributed by atoms with E-state index in [9.17, 15) is 0 Å². The highest BCUT2D eigenvalue weighted by Gasteiger charge is 2.10. The first-order valence-corrected chi connectivity index (χ1v) is 7.83. The van der Waals surface area contributed by atoms with Crippen LogP contribution in [0, 0.1) is 13.8 Å². The first kappa shape index (κ1) is 16.0. The monoisotopic (exact) mass is 364 g/mol. The highest BCUT2D eigenvalue weighted by Crippen LogP contribution is 2.29. The van der Waals surface area contributed by atoms with Gasteiger partial charge in [0.25, 0.3) is 0 Å². The summed E-state index contributed by atoms with van der Waals surface area (Å²) in [5.41, 5.74) is 3.29. The first-order chi connectivity index (χ1) is 9.97. The van der Waals surface area contributed by atoms with Crippen molar-refractivity contribution in [3.05, 3.63) is 57.6 Å². The van der Waals surface area contributed by atoms with Gasteiger partial charge in [0.05, 0.1) is 0 Å². The van der Waals surface area contributed by atoms with Gasteiger partial charge in [0.1, 0.15) is 18.1 Å². The molecule has 0 aromatic heterocycles. The van der Waals surface area contributed by atoms with E-state index in [1.807, 2.05) is 37.3 Å². The van der Waals surface area contributed by atoms with Gasteiger partial charge < -0.3 is 9.47 Å². The van der Waals surface area contributed by atoms with Crippen LogP contribution in [-0.2, 0) is 6.61 Å². The van der Waals surface area contributed by atoms with Gasteiger partial charge in [0, 0.05) is 17.0 Å². The fraction of sp³-hybridized carbons (Fsp3) is 0.235. The molecular formula is C17H17BrO2S. The Labute approximate surface area is 139 Å². The predicted octanol–water partition coefficient (Wildman–Crippen LogP) is 5.37. The molecule has 0 N–H and O–H groups in total. The number of benzene rings is 2. The Morgan fingerprint density at radius 1 is 1.14 bits per heavy atom. The van der Waals surface area contributed by atoms with Crippen molar-refractivity contribution in [2.24, 2.45) is 0 Å². The van der Waals surface area contributed by atoms with Crippen molar-refractivity contribution in [3.8, 4) is 11.5 Å². The second kappa shape index (κ2) is 7.05. The molecule has 0 atom stereocenters. The molecule has 110 valence electrons. The summed E-state index contributed by atoms with van der Waals surface area (Å²) in [4.78, 5) is 0. The van der Waals surface area contributed by atoms with Gasteiger partial charge in [0.2, 0.25) is 0 Å². The molecule has 0 aliphatic carbocycles. The van der Waals surface area contributed by atoms with Gasteiger partial charge in [-0.1, -0.05) is 39.7 Å². The number of halogens is 1. The van der Waals surface area contributed by atoms with Crippen molar-refractivity contribution < 1.29 is 9.47 Å². The Morgan fingerprint density at radius 2 is 1.90 bits per heavy atom. The lowest BCUT2D eigenvalue weighted by Gasteiger charge is -2.14. The van der Waals surface area contributed by atoms with Crippen molar-refractivity contribution in [2.45, 2.75) is 27.4 Å². The van der Waals surface area contributed by atoms with E-state index >= 15 is 0 Å². The van der Waals surface area contributed by atoms with E-state index in [0.717, 1.165) is 27.1 Å². The summed E-state index contributed by atoms with van der Waals surface area (Å²) in [5, 5.41) is 0.487. The molecule has 0 heterocycles. The van der Waals surface area contributed by atoms with E-state index in [-0.39, 0.29) is 0 Å². The Morgan fingerprint density at radius 3 is 2.57 bits per heavy atom. The van der Waals surface area contributed by atoms with Gasteiger partial charge in [-0.3, -0.25) is 0 Å². The zero-order valence-corrected chi connectivity index (χ0v) is 14.7. The van der Waals surface area contributed by atoms with Gasteiger partial charge in [-0.25, -0.2) is 0 Å². The second-order valence-electron chi connectivity index (χ2n) is 4.87. The molecule has 0 saturated carbocycles. The molecule has 0 radical (unpaired) electrons. The van der Waals surface area contributed by atoms with E-state index in [1.165, 1.54) is 5.56 Å². The Kier molecular flexibility index (Phi) is 5.37. The summed E-state index contributed by atoms with van der Waals surface area (Å²) < 4.78 is 12.5. The van der Waals surface area contributed by atoms with E-state index in [2.05, 4.69) is 28.9 Å². The van der Waals surface area contributed by atoms with Crippen LogP contribution in [-0.4, -0.2) is 5.05 Å². The van der Waals surface area contributed by atoms with Crippen LogP contribution < -0.4 is 9.47 Å². The molecular weight excluding hydrogens is 348 g/mol. The third-order valence-electron chi connectivity index (χ3n) is 3.03. The third-order valence-corrected chi connectivity index (χ3v) is 3.86. The maximum atomic E-state index is 5.93. The van der Waals surface area contributed by atoms with E-state index in [1.54, 1.807) is 6.92 Å². The molecule has 0 unspecified atom stereocenters. The topological polar surface area (TPSA) is 18.5 Å². The Hall–Kier alpha value is -1.39. The molecule has 0 aliphatic rings. The van der Waals surface area contributed by atoms with Crippen molar-refractivity contribution in [1.29, 1.82) is 0 Å². The summed E-state index contributed by atoms with van der Waals surface area (Å²) >= 11 is 8.55. The standard InChI is InChI=1S/C17H17BrO2S/c1-11-7-8-16(12(2)9-11)19-10-14-15(18)5-4-6-17(14)20-13(3)21/h4-9H,10H2,1-3H3. The zero-order chi connectivity index (χ0) is 15.4. The fourth-order valence-corrected chi connectivity index (χ4v) is 2.59. The summed E-state index contributed by atoms with van der Waals surface area (Å²) in [6.07, 6.45) is 0. The molecule has 2 nitrogen and oxygen atoms in total. The smallest absolute Gasteiger partial charge is 0.164 e. The largest absolute Gasteiger partial charge is 0.488 e. The molecule has 0 aliphatic heterocycles. The molecule has 0 bridgehead atoms. The summed E-state index contributed by atoms with van der Waals surface area (Å²) in [5.74, 6) is 1.60. The van der Waals surface area contributed by atoms with Crippen LogP contribution in [0.2, 0.25) is 0 Å². The van der Waals surface area contributed by atoms with Crippen LogP contribution in [0.3, 0.4) is 0 Å². The molecule has 2 aromatic carbocycles. The molecule has 0 amide bonds. The lowest BCUT2D eigenvalue weighted by Crippen LogP contribution is -2.05. The Balaban J connectivity index is 2.21. The van der Waals surface area contributed by atoms with Crippen LogP contribution in [0.4, 0.5) is 0 Å². The third kappa shape index (κ3) is 4.29. The van der Waals surface area contributed by atoms with Crippen LogP contribution in [0.15, 0.2) is 40.9 Å². The normalized spacial score (nSPS) is 10.3. The number of thiocarbonyl (C=S) groups is 1. The summed E-state index contributed by atoms with van der Waals surface area (Å²) in [6.45, 7) is 6.29. The number of hydrogen-bond acceptors (Lipinski definition) is 3. The molecule has 21 heavy (non-hydrogen) atoms. The molecule has 4 heteroatoms. The van der Waals surface area contributed by atoms with Crippen LogP contribution in [0.5, 0.6) is 11.5 Å². The molecule has 2 aromatic rings. The number of rotatable bonds is 4. The van der Waals surface area contributed by atoms with E-state index < -0.39 is 0 Å². The van der Waals surface area contributed by atoms with Gasteiger partial charge in [-0.2, -0.15) is 0 Å². The molecule has 2 rings (SSSR count). The fourth-order valence-electron chi connectivity index (χ4n) is 2.04. The maximum Gasteiger partial charge on any atom is 0.164 e. The van der Waals surface area contributed by atoms with Gasteiger partial charge in [-0.15, -0.1) is 0 Å². The highest BCUT2D eigenvalue weighted by molar-refractivity contribution is 9.10. The van der Waals surface area contributed by atoms with E-state index in [4.69, 9.17) is 21.7 Å². The summed E-state index contributed by atoms with van der Waals surface area (Å²) in [6, 6.07) is 11.9. The molecule has 0 fully saturated rings. The lowest BCUT2D eigenvalue weighted by molar-refractivity contribution is 0.299. The minimum absolute atomic E-state index is 0.420. The first-order valence-electron chi connectivity index (χ1n) is 6.63. The van der Waals surface area contributed by atoms with Crippen LogP contribution in [0.1, 0.15) is 23.6 Å². The summed E-state index contributed by atoms with van der Waals surface area (Å²) in [7, 11) is 0. The molecule has 0 spiro atoms. The average molecular weight is 365 g/mol. The van der Waals surface area contributed by atoms with Gasteiger partial charge in [0.15, 0.2) is 5.05 Å². The van der Waals surface area contributed by atoms with Crippen molar-refractivity contribution in [2.75, 3.05) is 0 Å². The van der Waals surface area contributed by atoms with Crippen LogP contribution >= 0.6 is 28.1 Å². The van der Waals surface area contributed by atoms with E-state index in [0.29, 0.717) is 11.7 Å². The predicted molar refractivity (Wildman–Crippen MR) is 93.3 cm³/mol. The molecule has 0 saturated heterocycles.